The van der Waals surface area contributed by atoms with Gasteiger partial charge < -0.3 is 4.74 Å². The van der Waals surface area contributed by atoms with Crippen molar-refractivity contribution < 1.29 is 9.53 Å². The third-order valence-electron chi connectivity index (χ3n) is 3.79. The second kappa shape index (κ2) is 8.00. The summed E-state index contributed by atoms with van der Waals surface area (Å²) in [6.45, 7) is 8.81. The van der Waals surface area contributed by atoms with Crippen molar-refractivity contribution in [3.8, 4) is 0 Å². The Bertz CT molecular complexity index is 784. The molecule has 0 fully saturated rings. The third kappa shape index (κ3) is 5.48. The van der Waals surface area contributed by atoms with E-state index in [0.29, 0.717) is 5.56 Å². The minimum absolute atomic E-state index is 0.216. The van der Waals surface area contributed by atoms with Gasteiger partial charge in [-0.2, -0.15) is 0 Å². The third-order valence-corrected chi connectivity index (χ3v) is 3.79. The maximum atomic E-state index is 11.7. The van der Waals surface area contributed by atoms with Crippen molar-refractivity contribution in [3.05, 3.63) is 82.6 Å². The summed E-state index contributed by atoms with van der Waals surface area (Å²) in [5.41, 5.74) is 8.75. The summed E-state index contributed by atoms with van der Waals surface area (Å²) < 4.78 is 4.78. The summed E-state index contributed by atoms with van der Waals surface area (Å²) >= 11 is 0. The van der Waals surface area contributed by atoms with Crippen molar-refractivity contribution in [1.29, 1.82) is 0 Å². The SMILES string of the molecule is COC(=O)c1ccc(C(=C=C(C)CC(C)(C)C)c2ccccc2)cc1. The minimum atomic E-state index is -0.323. The highest BCUT2D eigenvalue weighted by molar-refractivity contribution is 5.90. The predicted molar refractivity (Wildman–Crippen MR) is 104 cm³/mol. The molecule has 0 N–H and O–H groups in total. The van der Waals surface area contributed by atoms with Crippen LogP contribution in [-0.2, 0) is 4.74 Å². The zero-order chi connectivity index (χ0) is 18.4. The van der Waals surface area contributed by atoms with Crippen molar-refractivity contribution in [3.63, 3.8) is 0 Å². The van der Waals surface area contributed by atoms with Gasteiger partial charge in [0, 0.05) is 5.57 Å². The van der Waals surface area contributed by atoms with Crippen molar-refractivity contribution in [2.24, 2.45) is 5.41 Å². The molecule has 2 heteroatoms. The molecule has 0 aliphatic carbocycles. The Morgan fingerprint density at radius 1 is 0.920 bits per heavy atom. The van der Waals surface area contributed by atoms with Gasteiger partial charge in [-0.05, 0) is 47.6 Å². The Kier molecular flexibility index (Phi) is 6.01. The molecule has 0 spiro atoms. The lowest BCUT2D eigenvalue weighted by Gasteiger charge is -2.17. The summed E-state index contributed by atoms with van der Waals surface area (Å²) in [5.74, 6) is -0.323. The van der Waals surface area contributed by atoms with Crippen LogP contribution in [0.25, 0.3) is 5.57 Å². The first-order chi connectivity index (χ1) is 11.8. The molecule has 0 saturated heterocycles. The van der Waals surface area contributed by atoms with Crippen LogP contribution in [0.3, 0.4) is 0 Å². The number of methoxy groups -OCH3 is 1. The van der Waals surface area contributed by atoms with E-state index in [1.165, 1.54) is 12.7 Å². The second-order valence-corrected chi connectivity index (χ2v) is 7.45. The van der Waals surface area contributed by atoms with E-state index in [4.69, 9.17) is 4.74 Å². The fourth-order valence-corrected chi connectivity index (χ4v) is 2.86. The van der Waals surface area contributed by atoms with Crippen LogP contribution in [0.1, 0.15) is 55.6 Å². The van der Waals surface area contributed by atoms with Crippen LogP contribution in [0.5, 0.6) is 0 Å². The first-order valence-electron chi connectivity index (χ1n) is 8.51. The molecule has 2 aromatic rings. The molecule has 25 heavy (non-hydrogen) atoms. The Morgan fingerprint density at radius 3 is 1.96 bits per heavy atom. The minimum Gasteiger partial charge on any atom is -0.465 e. The highest BCUT2D eigenvalue weighted by Crippen LogP contribution is 2.27. The molecular formula is C23H26O2. The van der Waals surface area contributed by atoms with Gasteiger partial charge in [0.05, 0.1) is 12.7 Å². The number of benzene rings is 2. The van der Waals surface area contributed by atoms with Crippen LogP contribution in [0.2, 0.25) is 0 Å². The summed E-state index contributed by atoms with van der Waals surface area (Å²) in [5, 5.41) is 0. The largest absolute Gasteiger partial charge is 0.465 e. The molecule has 130 valence electrons. The first kappa shape index (κ1) is 18.8. The molecule has 0 amide bonds. The van der Waals surface area contributed by atoms with Gasteiger partial charge in [-0.15, -0.1) is 5.73 Å². The van der Waals surface area contributed by atoms with E-state index in [2.05, 4.69) is 45.6 Å². The average Bonchev–Trinajstić information content (AvgIpc) is 2.58. The Balaban J connectivity index is 2.53. The molecule has 0 radical (unpaired) electrons. The smallest absolute Gasteiger partial charge is 0.337 e. The van der Waals surface area contributed by atoms with Gasteiger partial charge in [-0.1, -0.05) is 63.2 Å². The van der Waals surface area contributed by atoms with Crippen LogP contribution >= 0.6 is 0 Å². The van der Waals surface area contributed by atoms with Gasteiger partial charge in [0.25, 0.3) is 0 Å². The normalized spacial score (nSPS) is 10.8. The van der Waals surface area contributed by atoms with E-state index < -0.39 is 0 Å². The monoisotopic (exact) mass is 334 g/mol. The van der Waals surface area contributed by atoms with E-state index in [9.17, 15) is 4.79 Å². The summed E-state index contributed by atoms with van der Waals surface area (Å²) in [4.78, 5) is 11.7. The highest BCUT2D eigenvalue weighted by atomic mass is 16.5. The van der Waals surface area contributed by atoms with Crippen molar-refractivity contribution >= 4 is 11.5 Å². The summed E-state index contributed by atoms with van der Waals surface area (Å²) in [6, 6.07) is 17.7. The van der Waals surface area contributed by atoms with Gasteiger partial charge in [-0.3, -0.25) is 0 Å². The van der Waals surface area contributed by atoms with E-state index >= 15 is 0 Å². The molecule has 2 aromatic carbocycles. The molecule has 0 atom stereocenters. The predicted octanol–water partition coefficient (Wildman–Crippen LogP) is 5.89. The zero-order valence-corrected chi connectivity index (χ0v) is 15.7. The number of ether oxygens (including phenoxy) is 1. The molecule has 0 aromatic heterocycles. The number of rotatable bonds is 4. The molecule has 2 rings (SSSR count). The fraction of sp³-hybridized carbons (Fsp3) is 0.304. The van der Waals surface area contributed by atoms with Crippen LogP contribution in [0, 0.1) is 5.41 Å². The molecular weight excluding hydrogens is 308 g/mol. The van der Waals surface area contributed by atoms with E-state index in [-0.39, 0.29) is 11.4 Å². The van der Waals surface area contributed by atoms with Gasteiger partial charge in [0.15, 0.2) is 0 Å². The second-order valence-electron chi connectivity index (χ2n) is 7.45. The standard InChI is InChI=1S/C23H26O2/c1-17(16-23(2,3)4)15-21(18-9-7-6-8-10-18)19-11-13-20(14-12-19)22(24)25-5/h6-14H,16H2,1-5H3. The van der Waals surface area contributed by atoms with Crippen LogP contribution in [-0.4, -0.2) is 13.1 Å². The molecule has 0 bridgehead atoms. The Hall–Kier alpha value is -2.57. The summed E-state index contributed by atoms with van der Waals surface area (Å²) in [6.07, 6.45) is 0.976. The highest BCUT2D eigenvalue weighted by Gasteiger charge is 2.12. The number of carbonyl (C=O) groups excluding carboxylic acids is 1. The van der Waals surface area contributed by atoms with E-state index in [0.717, 1.165) is 23.1 Å². The van der Waals surface area contributed by atoms with Gasteiger partial charge >= 0.3 is 5.97 Å². The zero-order valence-electron chi connectivity index (χ0n) is 15.7. The Morgan fingerprint density at radius 2 is 1.44 bits per heavy atom. The number of esters is 1. The van der Waals surface area contributed by atoms with Gasteiger partial charge in [0.1, 0.15) is 0 Å². The van der Waals surface area contributed by atoms with Gasteiger partial charge in [-0.25, -0.2) is 4.79 Å². The molecule has 0 aliphatic heterocycles. The molecule has 0 heterocycles. The average molecular weight is 334 g/mol. The Labute approximate surface area is 150 Å². The first-order valence-corrected chi connectivity index (χ1v) is 8.51. The van der Waals surface area contributed by atoms with E-state index in [1.807, 2.05) is 30.3 Å². The van der Waals surface area contributed by atoms with Crippen molar-refractivity contribution in [2.75, 3.05) is 7.11 Å². The molecule has 0 unspecified atom stereocenters. The van der Waals surface area contributed by atoms with Crippen molar-refractivity contribution in [1.82, 2.24) is 0 Å². The number of hydrogen-bond acceptors (Lipinski definition) is 2. The molecule has 0 saturated carbocycles. The van der Waals surface area contributed by atoms with E-state index in [1.54, 1.807) is 12.1 Å². The quantitative estimate of drug-likeness (QED) is 0.515. The molecule has 2 nitrogen and oxygen atoms in total. The maximum Gasteiger partial charge on any atom is 0.337 e. The van der Waals surface area contributed by atoms with Crippen LogP contribution < -0.4 is 0 Å². The topological polar surface area (TPSA) is 26.3 Å². The number of allylic oxidation sites excluding steroid dienone is 1. The maximum absolute atomic E-state index is 11.7. The van der Waals surface area contributed by atoms with Gasteiger partial charge in [0.2, 0.25) is 0 Å². The number of hydrogen-bond donors (Lipinski definition) is 0. The lowest BCUT2D eigenvalue weighted by atomic mass is 9.88. The van der Waals surface area contributed by atoms with Crippen LogP contribution in [0.15, 0.2) is 65.9 Å². The molecule has 0 aliphatic rings. The van der Waals surface area contributed by atoms with Crippen LogP contribution in [0.4, 0.5) is 0 Å². The fourth-order valence-electron chi connectivity index (χ4n) is 2.86. The van der Waals surface area contributed by atoms with Crippen molar-refractivity contribution in [2.45, 2.75) is 34.1 Å². The lowest BCUT2D eigenvalue weighted by Crippen LogP contribution is -2.04. The number of carbonyl (C=O) groups is 1. The summed E-state index contributed by atoms with van der Waals surface area (Å²) in [7, 11) is 1.39. The lowest BCUT2D eigenvalue weighted by molar-refractivity contribution is 0.0600.